The molecule has 0 unspecified atom stereocenters. The highest BCUT2D eigenvalue weighted by Gasteiger charge is 2.60. The molecule has 2 amide bonds. The third kappa shape index (κ3) is 10.5. The van der Waals surface area contributed by atoms with E-state index in [-0.39, 0.29) is 60.9 Å². The van der Waals surface area contributed by atoms with Crippen LogP contribution in [0, 0.1) is 10.4 Å². The van der Waals surface area contributed by atoms with E-state index in [1.54, 1.807) is 104 Å². The summed E-state index contributed by atoms with van der Waals surface area (Å²) < 4.78 is 12.4. The molecule has 4 N–H and O–H groups in total. The maximum absolute atomic E-state index is 12.7. The standard InChI is InChI=1S/2C21H29N3O6/c2*1-13(25)11-17(14(2)26)22-18(27)12-30-16-9-7-15(8-10-16)19-23(28)20(3,4)21(5,6)24(19)29/h2*7-10,17,28H,11-12H2,1-6H3,(H,22,27)/t2*17-/m00/s1. The smallest absolute Gasteiger partial charge is 0.313 e. The zero-order chi connectivity index (χ0) is 45.7. The summed E-state index contributed by atoms with van der Waals surface area (Å²) in [7, 11) is 0. The lowest BCUT2D eigenvalue weighted by Gasteiger charge is -2.33. The molecule has 0 aromatic heterocycles. The third-order valence-electron chi connectivity index (χ3n) is 11.5. The summed E-state index contributed by atoms with van der Waals surface area (Å²) in [5, 5.41) is 53.4. The van der Waals surface area contributed by atoms with Gasteiger partial charge in [-0.1, -0.05) is 0 Å². The summed E-state index contributed by atoms with van der Waals surface area (Å²) in [5.41, 5.74) is -2.30. The Balaban J connectivity index is 0.000000320. The van der Waals surface area contributed by atoms with Gasteiger partial charge in [-0.2, -0.15) is 0 Å². The highest BCUT2D eigenvalue weighted by atomic mass is 16.5. The predicted octanol–water partition coefficient (Wildman–Crippen LogP) is 3.27. The third-order valence-corrected chi connectivity index (χ3v) is 11.5. The second-order valence-electron chi connectivity index (χ2n) is 17.0. The Labute approximate surface area is 349 Å². The fourth-order valence-corrected chi connectivity index (χ4v) is 6.06. The van der Waals surface area contributed by atoms with Gasteiger partial charge in [0.1, 0.15) is 34.1 Å². The van der Waals surface area contributed by atoms with Gasteiger partial charge in [-0.05, 0) is 132 Å². The van der Waals surface area contributed by atoms with Crippen LogP contribution in [-0.4, -0.2) is 124 Å². The first-order chi connectivity index (χ1) is 27.6. The van der Waals surface area contributed by atoms with Crippen molar-refractivity contribution in [2.24, 2.45) is 0 Å². The Bertz CT molecular complexity index is 1890. The molecule has 0 saturated heterocycles. The monoisotopic (exact) mass is 838 g/mol. The molecule has 18 heteroatoms. The number of ketones is 4. The van der Waals surface area contributed by atoms with Crippen LogP contribution in [-0.2, 0) is 28.8 Å². The van der Waals surface area contributed by atoms with E-state index in [9.17, 15) is 49.6 Å². The van der Waals surface area contributed by atoms with Crippen LogP contribution in [0.1, 0.15) is 107 Å². The Morgan fingerprint density at radius 2 is 0.867 bits per heavy atom. The van der Waals surface area contributed by atoms with Gasteiger partial charge in [0.25, 0.3) is 11.8 Å². The summed E-state index contributed by atoms with van der Waals surface area (Å²) in [4.78, 5) is 69.5. The lowest BCUT2D eigenvalue weighted by Crippen LogP contribution is -2.53. The zero-order valence-corrected chi connectivity index (χ0v) is 36.4. The number of nitrogens with zero attached hydrogens (tertiary/aromatic N) is 4. The normalized spacial score (nSPS) is 18.2. The lowest BCUT2D eigenvalue weighted by molar-refractivity contribution is -0.539. The topological polar surface area (TPSA) is 244 Å². The number of carbonyl (C=O) groups is 6. The van der Waals surface area contributed by atoms with Gasteiger partial charge in [-0.25, -0.2) is 10.4 Å². The molecule has 60 heavy (non-hydrogen) atoms. The molecule has 0 fully saturated rings. The minimum Gasteiger partial charge on any atom is -0.714 e. The molecule has 328 valence electrons. The Morgan fingerprint density at radius 3 is 1.08 bits per heavy atom. The Morgan fingerprint density at radius 1 is 0.583 bits per heavy atom. The molecule has 0 saturated carbocycles. The van der Waals surface area contributed by atoms with Crippen molar-refractivity contribution in [3.05, 3.63) is 70.1 Å². The predicted molar refractivity (Wildman–Crippen MR) is 219 cm³/mol. The summed E-state index contributed by atoms with van der Waals surface area (Å²) in [5.74, 6) is -1.07. The molecule has 2 aromatic carbocycles. The fourth-order valence-electron chi connectivity index (χ4n) is 6.06. The van der Waals surface area contributed by atoms with Crippen LogP contribution < -0.4 is 20.1 Å². The van der Waals surface area contributed by atoms with Crippen LogP contribution in [0.2, 0.25) is 0 Å². The lowest BCUT2D eigenvalue weighted by atomic mass is 9.84. The van der Waals surface area contributed by atoms with Crippen molar-refractivity contribution in [1.29, 1.82) is 0 Å². The molecule has 0 spiro atoms. The number of rotatable bonds is 16. The van der Waals surface area contributed by atoms with E-state index in [1.807, 2.05) is 0 Å². The van der Waals surface area contributed by atoms with E-state index in [0.717, 1.165) is 19.6 Å². The molecule has 2 aliphatic heterocycles. The largest absolute Gasteiger partial charge is 0.714 e. The molecule has 2 atom stereocenters. The summed E-state index contributed by atoms with van der Waals surface area (Å²) in [6.07, 6.45) is -0.130. The Hall–Kier alpha value is -5.88. The summed E-state index contributed by atoms with van der Waals surface area (Å²) in [6, 6.07) is 11.0. The number of carbonyl (C=O) groups excluding carboxylic acids is 6. The molecule has 2 aromatic rings. The second kappa shape index (κ2) is 18.6. The first kappa shape index (κ1) is 48.5. The van der Waals surface area contributed by atoms with Crippen molar-refractivity contribution in [2.45, 2.75) is 130 Å². The van der Waals surface area contributed by atoms with E-state index in [2.05, 4.69) is 10.6 Å². The average Bonchev–Trinajstić information content (AvgIpc) is 3.35. The SMILES string of the molecule is CC(=O)C[C@H](NC(=O)COc1ccc(C2=[N+]([O-])C(C)(C)C(C)(C)N2O)cc1)C(C)=O.CC(=O)C[C@H](NC(=O)COc1ccc(C2=[N+]([O-])C(C)(C)C(C)(C)N2O)cc1)C(C)=O. The maximum Gasteiger partial charge on any atom is 0.313 e. The quantitative estimate of drug-likeness (QED) is 0.140. The minimum atomic E-state index is -0.870. The van der Waals surface area contributed by atoms with Crippen LogP contribution >= 0.6 is 0 Å². The van der Waals surface area contributed by atoms with Crippen molar-refractivity contribution in [2.75, 3.05) is 13.2 Å². The number of nitrogens with one attached hydrogen (secondary N) is 2. The molecular formula is C42H58N6O12. The number of Topliss-reactive ketones (excluding diaryl/α,β-unsaturated/α-hetero) is 4. The zero-order valence-electron chi connectivity index (χ0n) is 36.4. The fraction of sp³-hybridized carbons (Fsp3) is 0.524. The van der Waals surface area contributed by atoms with Crippen LogP contribution in [0.4, 0.5) is 0 Å². The highest BCUT2D eigenvalue weighted by Crippen LogP contribution is 2.38. The summed E-state index contributed by atoms with van der Waals surface area (Å²) in [6.45, 7) is 18.8. The van der Waals surface area contributed by atoms with Crippen molar-refractivity contribution < 1.29 is 58.1 Å². The number of amidine groups is 2. The summed E-state index contributed by atoms with van der Waals surface area (Å²) >= 11 is 0. The van der Waals surface area contributed by atoms with Crippen LogP contribution in [0.5, 0.6) is 11.5 Å². The maximum atomic E-state index is 12.7. The van der Waals surface area contributed by atoms with Gasteiger partial charge in [0.2, 0.25) is 0 Å². The van der Waals surface area contributed by atoms with Gasteiger partial charge in [0, 0.05) is 12.8 Å². The second-order valence-corrected chi connectivity index (χ2v) is 17.0. The molecule has 0 bridgehead atoms. The highest BCUT2D eigenvalue weighted by molar-refractivity contribution is 5.97. The van der Waals surface area contributed by atoms with E-state index in [4.69, 9.17) is 9.47 Å². The van der Waals surface area contributed by atoms with Crippen molar-refractivity contribution in [3.8, 4) is 11.5 Å². The van der Waals surface area contributed by atoms with Gasteiger partial charge in [-0.15, -0.1) is 10.1 Å². The van der Waals surface area contributed by atoms with Gasteiger partial charge in [-0.3, -0.25) is 38.2 Å². The van der Waals surface area contributed by atoms with Crippen molar-refractivity contribution >= 4 is 46.6 Å². The van der Waals surface area contributed by atoms with Crippen LogP contribution in [0.25, 0.3) is 0 Å². The van der Waals surface area contributed by atoms with Gasteiger partial charge in [0.15, 0.2) is 35.9 Å². The number of hydroxylamine groups is 6. The minimum absolute atomic E-state index is 0.0650. The van der Waals surface area contributed by atoms with E-state index in [1.165, 1.54) is 27.7 Å². The van der Waals surface area contributed by atoms with Gasteiger partial charge >= 0.3 is 11.7 Å². The van der Waals surface area contributed by atoms with Crippen molar-refractivity contribution in [1.82, 2.24) is 20.8 Å². The Kier molecular flexibility index (Phi) is 15.0. The molecule has 2 heterocycles. The number of amides is 2. The number of benzene rings is 2. The van der Waals surface area contributed by atoms with Gasteiger partial charge in [0.05, 0.1) is 23.2 Å². The van der Waals surface area contributed by atoms with E-state index >= 15 is 0 Å². The van der Waals surface area contributed by atoms with E-state index < -0.39 is 46.1 Å². The van der Waals surface area contributed by atoms with Crippen LogP contribution in [0.15, 0.2) is 48.5 Å². The molecule has 4 rings (SSSR count). The molecule has 2 aliphatic rings. The number of hydrogen-bond acceptors (Lipinski definition) is 14. The molecule has 0 aliphatic carbocycles. The van der Waals surface area contributed by atoms with Crippen molar-refractivity contribution in [3.63, 3.8) is 0 Å². The first-order valence-corrected chi connectivity index (χ1v) is 19.3. The van der Waals surface area contributed by atoms with Gasteiger partial charge < -0.3 is 30.5 Å². The molecule has 0 radical (unpaired) electrons. The number of ether oxygens (including phenoxy) is 2. The number of hydrogen-bond donors (Lipinski definition) is 4. The first-order valence-electron chi connectivity index (χ1n) is 19.3. The molecular weight excluding hydrogens is 780 g/mol. The molecule has 18 nitrogen and oxygen atoms in total. The average molecular weight is 839 g/mol. The van der Waals surface area contributed by atoms with Crippen LogP contribution in [0.3, 0.4) is 0 Å². The van der Waals surface area contributed by atoms with E-state index in [0.29, 0.717) is 22.6 Å².